The van der Waals surface area contributed by atoms with Crippen LogP contribution in [-0.2, 0) is 0 Å². The number of carbonyl (C=O) groups is 1. The Morgan fingerprint density at radius 2 is 2.21 bits per heavy atom. The molecule has 3 heteroatoms. The van der Waals surface area contributed by atoms with Gasteiger partial charge in [-0.2, -0.15) is 0 Å². The molecule has 0 saturated heterocycles. The van der Waals surface area contributed by atoms with E-state index in [1.165, 1.54) is 0 Å². The molecule has 1 aromatic heterocycles. The zero-order chi connectivity index (χ0) is 10.6. The molecule has 1 aromatic rings. The van der Waals surface area contributed by atoms with Crippen LogP contribution in [0, 0.1) is 12.8 Å². The number of hydrogen-bond acceptors (Lipinski definition) is 2. The number of rotatable bonds is 3. The summed E-state index contributed by atoms with van der Waals surface area (Å²) in [6.45, 7) is 6.73. The van der Waals surface area contributed by atoms with Crippen LogP contribution >= 0.6 is 0 Å². The third kappa shape index (κ3) is 3.17. The van der Waals surface area contributed by atoms with Crippen molar-refractivity contribution in [3.8, 4) is 0 Å². The molecule has 1 N–H and O–H groups in total. The van der Waals surface area contributed by atoms with Crippen molar-refractivity contribution in [3.05, 3.63) is 29.6 Å². The van der Waals surface area contributed by atoms with Crippen molar-refractivity contribution < 1.29 is 4.79 Å². The van der Waals surface area contributed by atoms with Gasteiger partial charge in [0.15, 0.2) is 0 Å². The van der Waals surface area contributed by atoms with E-state index in [-0.39, 0.29) is 5.91 Å². The number of aromatic nitrogens is 1. The molecule has 76 valence electrons. The van der Waals surface area contributed by atoms with Gasteiger partial charge in [0.25, 0.3) is 5.91 Å². The first-order chi connectivity index (χ1) is 6.59. The predicted molar refractivity (Wildman–Crippen MR) is 56.1 cm³/mol. The van der Waals surface area contributed by atoms with Gasteiger partial charge in [0.1, 0.15) is 0 Å². The molecular formula is C11H16N2O. The van der Waals surface area contributed by atoms with Crippen LogP contribution < -0.4 is 5.32 Å². The predicted octanol–water partition coefficient (Wildman–Crippen LogP) is 1.78. The molecule has 0 aliphatic rings. The maximum Gasteiger partial charge on any atom is 0.252 e. The second-order valence-corrected chi connectivity index (χ2v) is 3.79. The van der Waals surface area contributed by atoms with Crippen LogP contribution in [0.2, 0.25) is 0 Å². The lowest BCUT2D eigenvalue weighted by molar-refractivity contribution is 0.0948. The summed E-state index contributed by atoms with van der Waals surface area (Å²) in [6, 6.07) is 3.63. The molecule has 1 heterocycles. The van der Waals surface area contributed by atoms with E-state index in [9.17, 15) is 4.79 Å². The first-order valence-electron chi connectivity index (χ1n) is 4.80. The quantitative estimate of drug-likeness (QED) is 0.793. The van der Waals surface area contributed by atoms with E-state index in [1.54, 1.807) is 12.3 Å². The zero-order valence-corrected chi connectivity index (χ0v) is 8.87. The van der Waals surface area contributed by atoms with Gasteiger partial charge in [0.2, 0.25) is 0 Å². The van der Waals surface area contributed by atoms with E-state index in [0.717, 1.165) is 5.69 Å². The molecule has 1 amide bonds. The summed E-state index contributed by atoms with van der Waals surface area (Å²) in [5, 5.41) is 2.84. The van der Waals surface area contributed by atoms with Gasteiger partial charge >= 0.3 is 0 Å². The highest BCUT2D eigenvalue weighted by Gasteiger charge is 2.05. The maximum absolute atomic E-state index is 11.5. The van der Waals surface area contributed by atoms with Gasteiger partial charge in [-0.15, -0.1) is 0 Å². The lowest BCUT2D eigenvalue weighted by atomic mass is 10.2. The van der Waals surface area contributed by atoms with E-state index < -0.39 is 0 Å². The zero-order valence-electron chi connectivity index (χ0n) is 8.87. The number of hydrogen-bond donors (Lipinski definition) is 1. The summed E-state index contributed by atoms with van der Waals surface area (Å²) in [6.07, 6.45) is 1.60. The van der Waals surface area contributed by atoms with Gasteiger partial charge in [-0.05, 0) is 25.0 Å². The summed E-state index contributed by atoms with van der Waals surface area (Å²) in [4.78, 5) is 15.6. The molecule has 0 saturated carbocycles. The van der Waals surface area contributed by atoms with Crippen molar-refractivity contribution in [3.63, 3.8) is 0 Å². The number of nitrogens with zero attached hydrogens (tertiary/aromatic N) is 1. The van der Waals surface area contributed by atoms with E-state index in [1.807, 2.05) is 13.0 Å². The smallest absolute Gasteiger partial charge is 0.252 e. The highest BCUT2D eigenvalue weighted by atomic mass is 16.1. The molecule has 0 unspecified atom stereocenters. The highest BCUT2D eigenvalue weighted by Crippen LogP contribution is 1.99. The van der Waals surface area contributed by atoms with Gasteiger partial charge in [0.05, 0.1) is 5.56 Å². The average molecular weight is 192 g/mol. The molecule has 0 atom stereocenters. The Hall–Kier alpha value is -1.38. The Balaban J connectivity index is 2.57. The Morgan fingerprint density at radius 3 is 2.71 bits per heavy atom. The van der Waals surface area contributed by atoms with Crippen molar-refractivity contribution in [1.29, 1.82) is 0 Å². The Bertz CT molecular complexity index is 304. The van der Waals surface area contributed by atoms with E-state index in [2.05, 4.69) is 24.1 Å². The summed E-state index contributed by atoms with van der Waals surface area (Å²) in [7, 11) is 0. The van der Waals surface area contributed by atoms with Gasteiger partial charge in [-0.3, -0.25) is 9.78 Å². The normalized spacial score (nSPS) is 10.3. The topological polar surface area (TPSA) is 42.0 Å². The van der Waals surface area contributed by atoms with Crippen LogP contribution in [0.1, 0.15) is 29.9 Å². The summed E-state index contributed by atoms with van der Waals surface area (Å²) < 4.78 is 0. The molecule has 0 radical (unpaired) electrons. The Morgan fingerprint density at radius 1 is 1.50 bits per heavy atom. The van der Waals surface area contributed by atoms with Crippen LogP contribution in [-0.4, -0.2) is 17.4 Å². The third-order valence-electron chi connectivity index (χ3n) is 1.84. The molecule has 0 aromatic carbocycles. The fourth-order valence-corrected chi connectivity index (χ4v) is 1.00. The number of carbonyl (C=O) groups excluding carboxylic acids is 1. The van der Waals surface area contributed by atoms with Crippen molar-refractivity contribution in [2.75, 3.05) is 6.54 Å². The lowest BCUT2D eigenvalue weighted by Crippen LogP contribution is -2.27. The molecule has 0 spiro atoms. The minimum absolute atomic E-state index is 0.0498. The van der Waals surface area contributed by atoms with Gasteiger partial charge in [-0.1, -0.05) is 13.8 Å². The van der Waals surface area contributed by atoms with Crippen molar-refractivity contribution in [2.24, 2.45) is 5.92 Å². The molecule has 0 fully saturated rings. The molecule has 14 heavy (non-hydrogen) atoms. The second-order valence-electron chi connectivity index (χ2n) is 3.79. The van der Waals surface area contributed by atoms with E-state index in [0.29, 0.717) is 18.0 Å². The van der Waals surface area contributed by atoms with Crippen molar-refractivity contribution in [2.45, 2.75) is 20.8 Å². The molecule has 1 rings (SSSR count). The largest absolute Gasteiger partial charge is 0.352 e. The first kappa shape index (κ1) is 10.7. The number of nitrogens with one attached hydrogen (secondary N) is 1. The highest BCUT2D eigenvalue weighted by molar-refractivity contribution is 5.93. The van der Waals surface area contributed by atoms with E-state index >= 15 is 0 Å². The minimum Gasteiger partial charge on any atom is -0.352 e. The Labute approximate surface area is 84.6 Å². The molecular weight excluding hydrogens is 176 g/mol. The average Bonchev–Trinajstić information content (AvgIpc) is 2.15. The number of pyridine rings is 1. The van der Waals surface area contributed by atoms with Crippen LogP contribution in [0.5, 0.6) is 0 Å². The van der Waals surface area contributed by atoms with Crippen LogP contribution in [0.25, 0.3) is 0 Å². The van der Waals surface area contributed by atoms with Crippen molar-refractivity contribution in [1.82, 2.24) is 10.3 Å². The fourth-order valence-electron chi connectivity index (χ4n) is 1.00. The van der Waals surface area contributed by atoms with Crippen molar-refractivity contribution >= 4 is 5.91 Å². The van der Waals surface area contributed by atoms with Gasteiger partial charge < -0.3 is 5.32 Å². The Kier molecular flexibility index (Phi) is 3.63. The molecule has 0 aliphatic carbocycles. The van der Waals surface area contributed by atoms with Crippen LogP contribution in [0.3, 0.4) is 0 Å². The summed E-state index contributed by atoms with van der Waals surface area (Å²) >= 11 is 0. The second kappa shape index (κ2) is 4.74. The van der Waals surface area contributed by atoms with E-state index in [4.69, 9.17) is 0 Å². The SMILES string of the molecule is Cc1ccc(C(=O)NCC(C)C)cn1. The lowest BCUT2D eigenvalue weighted by Gasteiger charge is -2.07. The third-order valence-corrected chi connectivity index (χ3v) is 1.84. The number of aryl methyl sites for hydroxylation is 1. The van der Waals surface area contributed by atoms with Gasteiger partial charge in [-0.25, -0.2) is 0 Å². The fraction of sp³-hybridized carbons (Fsp3) is 0.455. The minimum atomic E-state index is -0.0498. The molecule has 0 aliphatic heterocycles. The summed E-state index contributed by atoms with van der Waals surface area (Å²) in [5.74, 6) is 0.420. The summed E-state index contributed by atoms with van der Waals surface area (Å²) in [5.41, 5.74) is 1.54. The first-order valence-corrected chi connectivity index (χ1v) is 4.80. The monoisotopic (exact) mass is 192 g/mol. The maximum atomic E-state index is 11.5. The standard InChI is InChI=1S/C11H16N2O/c1-8(2)6-13-11(14)10-5-4-9(3)12-7-10/h4-5,7-8H,6H2,1-3H3,(H,13,14). The molecule has 0 bridgehead atoms. The van der Waals surface area contributed by atoms with Crippen LogP contribution in [0.4, 0.5) is 0 Å². The number of amides is 1. The van der Waals surface area contributed by atoms with Crippen LogP contribution in [0.15, 0.2) is 18.3 Å². The molecule has 3 nitrogen and oxygen atoms in total. The van der Waals surface area contributed by atoms with Gasteiger partial charge in [0, 0.05) is 18.4 Å².